The third kappa shape index (κ3) is 3.89. The van der Waals surface area contributed by atoms with Crippen molar-refractivity contribution in [1.82, 2.24) is 4.90 Å². The summed E-state index contributed by atoms with van der Waals surface area (Å²) in [6.45, 7) is 6.71. The van der Waals surface area contributed by atoms with Gasteiger partial charge in [0.1, 0.15) is 5.75 Å². The van der Waals surface area contributed by atoms with E-state index in [4.69, 9.17) is 16.3 Å². The summed E-state index contributed by atoms with van der Waals surface area (Å²) in [6.07, 6.45) is -0.135. The van der Waals surface area contributed by atoms with Crippen LogP contribution in [-0.2, 0) is 4.79 Å². The number of hydrogen-bond acceptors (Lipinski definition) is 3. The fourth-order valence-corrected chi connectivity index (χ4v) is 2.74. The fourth-order valence-electron chi connectivity index (χ4n) is 2.58. The second kappa shape index (κ2) is 6.67. The maximum Gasteiger partial charge on any atom is 0.263 e. The van der Waals surface area contributed by atoms with Gasteiger partial charge in [0.25, 0.3) is 5.91 Å². The number of aliphatic hydroxyl groups excluding tert-OH is 1. The van der Waals surface area contributed by atoms with Crippen molar-refractivity contribution < 1.29 is 14.6 Å². The van der Waals surface area contributed by atoms with Gasteiger partial charge in [0.2, 0.25) is 0 Å². The van der Waals surface area contributed by atoms with Crippen LogP contribution in [0.5, 0.6) is 5.75 Å². The monoisotopic (exact) mass is 311 g/mol. The van der Waals surface area contributed by atoms with Crippen molar-refractivity contribution >= 4 is 17.5 Å². The van der Waals surface area contributed by atoms with Crippen LogP contribution in [0.25, 0.3) is 0 Å². The van der Waals surface area contributed by atoms with Gasteiger partial charge in [-0.15, -0.1) is 0 Å². The quantitative estimate of drug-likeness (QED) is 0.930. The first-order chi connectivity index (χ1) is 9.88. The molecule has 0 radical (unpaired) electrons. The molecule has 1 N–H and O–H groups in total. The lowest BCUT2D eigenvalue weighted by Gasteiger charge is -2.22. The van der Waals surface area contributed by atoms with Crippen LogP contribution in [-0.4, -0.2) is 41.2 Å². The van der Waals surface area contributed by atoms with E-state index in [2.05, 4.69) is 0 Å². The number of aryl methyl sites for hydroxylation is 1. The summed E-state index contributed by atoms with van der Waals surface area (Å²) in [4.78, 5) is 14.1. The molecular formula is C16H22ClNO3. The Bertz CT molecular complexity index is 518. The molecule has 3 unspecified atom stereocenters. The molecule has 0 aliphatic carbocycles. The number of amides is 1. The summed E-state index contributed by atoms with van der Waals surface area (Å²) < 4.78 is 5.71. The second-order valence-electron chi connectivity index (χ2n) is 5.77. The number of ether oxygens (including phenoxy) is 1. The Balaban J connectivity index is 1.98. The first kappa shape index (κ1) is 16.1. The molecule has 0 spiro atoms. The Hall–Kier alpha value is -1.26. The summed E-state index contributed by atoms with van der Waals surface area (Å²) in [5.41, 5.74) is 1.03. The summed E-state index contributed by atoms with van der Waals surface area (Å²) in [5, 5.41) is 10.1. The average molecular weight is 312 g/mol. The number of carbonyl (C=O) groups excluding carboxylic acids is 1. The van der Waals surface area contributed by atoms with Crippen LogP contribution in [0, 0.1) is 12.8 Å². The van der Waals surface area contributed by atoms with Crippen LogP contribution >= 0.6 is 11.6 Å². The van der Waals surface area contributed by atoms with E-state index in [1.54, 1.807) is 24.8 Å². The highest BCUT2D eigenvalue weighted by Gasteiger charge is 2.32. The van der Waals surface area contributed by atoms with Crippen LogP contribution in [0.1, 0.15) is 25.8 Å². The topological polar surface area (TPSA) is 49.8 Å². The van der Waals surface area contributed by atoms with Crippen molar-refractivity contribution in [2.45, 2.75) is 39.4 Å². The molecule has 1 saturated heterocycles. The lowest BCUT2D eigenvalue weighted by molar-refractivity contribution is -0.137. The Morgan fingerprint density at radius 1 is 1.48 bits per heavy atom. The molecule has 1 aromatic carbocycles. The molecular weight excluding hydrogens is 290 g/mol. The number of likely N-dealkylation sites (tertiary alicyclic amines) is 1. The second-order valence-corrected chi connectivity index (χ2v) is 6.17. The van der Waals surface area contributed by atoms with E-state index in [9.17, 15) is 9.90 Å². The van der Waals surface area contributed by atoms with Gasteiger partial charge < -0.3 is 14.7 Å². The zero-order valence-corrected chi connectivity index (χ0v) is 13.4. The number of aliphatic hydroxyl groups is 1. The number of carbonyl (C=O) groups is 1. The predicted octanol–water partition coefficient (Wildman–Crippen LogP) is 2.65. The zero-order valence-electron chi connectivity index (χ0n) is 12.7. The van der Waals surface area contributed by atoms with E-state index in [1.807, 2.05) is 19.1 Å². The first-order valence-corrected chi connectivity index (χ1v) is 7.66. The van der Waals surface area contributed by atoms with E-state index < -0.39 is 6.10 Å². The molecule has 1 aliphatic rings. The highest BCUT2D eigenvalue weighted by atomic mass is 35.5. The number of nitrogens with zero attached hydrogens (tertiary/aromatic N) is 1. The molecule has 4 nitrogen and oxygen atoms in total. The SMILES string of the molecule is Cc1ccc(Cl)c(OC(C)C(=O)N2CCC(C(C)O)C2)c1. The van der Waals surface area contributed by atoms with Gasteiger partial charge in [-0.2, -0.15) is 0 Å². The number of rotatable bonds is 4. The lowest BCUT2D eigenvalue weighted by Crippen LogP contribution is -2.39. The maximum absolute atomic E-state index is 12.4. The molecule has 1 amide bonds. The van der Waals surface area contributed by atoms with Crippen LogP contribution in [0.4, 0.5) is 0 Å². The molecule has 1 aliphatic heterocycles. The normalized spacial score (nSPS) is 21.2. The molecule has 21 heavy (non-hydrogen) atoms. The van der Waals surface area contributed by atoms with Gasteiger partial charge in [-0.05, 0) is 44.9 Å². The zero-order chi connectivity index (χ0) is 15.6. The van der Waals surface area contributed by atoms with E-state index >= 15 is 0 Å². The highest BCUT2D eigenvalue weighted by molar-refractivity contribution is 6.32. The minimum absolute atomic E-state index is 0.0595. The third-order valence-corrected chi connectivity index (χ3v) is 4.27. The Morgan fingerprint density at radius 2 is 2.19 bits per heavy atom. The summed E-state index contributed by atoms with van der Waals surface area (Å²) in [5.74, 6) is 0.628. The smallest absolute Gasteiger partial charge is 0.263 e. The van der Waals surface area contributed by atoms with Crippen molar-refractivity contribution in [3.8, 4) is 5.75 Å². The number of halogens is 1. The van der Waals surface area contributed by atoms with E-state index in [1.165, 1.54) is 0 Å². The minimum Gasteiger partial charge on any atom is -0.479 e. The molecule has 1 fully saturated rings. The van der Waals surface area contributed by atoms with Gasteiger partial charge in [0.15, 0.2) is 6.10 Å². The van der Waals surface area contributed by atoms with Crippen molar-refractivity contribution in [3.63, 3.8) is 0 Å². The molecule has 1 heterocycles. The number of benzene rings is 1. The molecule has 0 bridgehead atoms. The van der Waals surface area contributed by atoms with E-state index in [0.29, 0.717) is 23.9 Å². The first-order valence-electron chi connectivity index (χ1n) is 7.28. The summed E-state index contributed by atoms with van der Waals surface area (Å²) in [6, 6.07) is 5.49. The fraction of sp³-hybridized carbons (Fsp3) is 0.562. The molecule has 2 rings (SSSR count). The summed E-state index contributed by atoms with van der Waals surface area (Å²) in [7, 11) is 0. The molecule has 1 aromatic rings. The van der Waals surface area contributed by atoms with Gasteiger partial charge in [-0.25, -0.2) is 0 Å². The van der Waals surface area contributed by atoms with Crippen molar-refractivity contribution in [2.75, 3.05) is 13.1 Å². The van der Waals surface area contributed by atoms with Crippen molar-refractivity contribution in [1.29, 1.82) is 0 Å². The van der Waals surface area contributed by atoms with Gasteiger partial charge in [0, 0.05) is 19.0 Å². The summed E-state index contributed by atoms with van der Waals surface area (Å²) >= 11 is 6.09. The predicted molar refractivity (Wildman–Crippen MR) is 82.6 cm³/mol. The van der Waals surface area contributed by atoms with Gasteiger partial charge in [-0.1, -0.05) is 17.7 Å². The maximum atomic E-state index is 12.4. The van der Waals surface area contributed by atoms with Crippen molar-refractivity contribution in [2.24, 2.45) is 5.92 Å². The van der Waals surface area contributed by atoms with E-state index in [-0.39, 0.29) is 17.9 Å². The van der Waals surface area contributed by atoms with Crippen molar-refractivity contribution in [3.05, 3.63) is 28.8 Å². The molecule has 3 atom stereocenters. The van der Waals surface area contributed by atoms with Crippen LogP contribution in [0.15, 0.2) is 18.2 Å². The Labute approximate surface area is 130 Å². The number of hydrogen-bond donors (Lipinski definition) is 1. The standard InChI is InChI=1S/C16H22ClNO3/c1-10-4-5-14(17)15(8-10)21-12(3)16(20)18-7-6-13(9-18)11(2)19/h4-5,8,11-13,19H,6-7,9H2,1-3H3. The molecule has 116 valence electrons. The average Bonchev–Trinajstić information content (AvgIpc) is 2.91. The van der Waals surface area contributed by atoms with Gasteiger partial charge >= 0.3 is 0 Å². The Kier molecular flexibility index (Phi) is 5.12. The van der Waals surface area contributed by atoms with E-state index in [0.717, 1.165) is 12.0 Å². The lowest BCUT2D eigenvalue weighted by atomic mass is 10.0. The van der Waals surface area contributed by atoms with Gasteiger partial charge in [0.05, 0.1) is 11.1 Å². The molecule has 0 aromatic heterocycles. The Morgan fingerprint density at radius 3 is 2.81 bits per heavy atom. The van der Waals surface area contributed by atoms with Crippen LogP contribution in [0.2, 0.25) is 5.02 Å². The van der Waals surface area contributed by atoms with Gasteiger partial charge in [-0.3, -0.25) is 4.79 Å². The largest absolute Gasteiger partial charge is 0.479 e. The minimum atomic E-state index is -0.586. The van der Waals surface area contributed by atoms with Crippen LogP contribution < -0.4 is 4.74 Å². The highest BCUT2D eigenvalue weighted by Crippen LogP contribution is 2.27. The third-order valence-electron chi connectivity index (χ3n) is 3.96. The molecule has 5 heteroatoms. The molecule has 0 saturated carbocycles. The van der Waals surface area contributed by atoms with Crippen LogP contribution in [0.3, 0.4) is 0 Å².